The molecule has 2 heteroatoms. The smallest absolute Gasteiger partial charge is 0.0911 e. The lowest BCUT2D eigenvalue weighted by molar-refractivity contribution is -0.888. The van der Waals surface area contributed by atoms with Crippen LogP contribution in [0.5, 0.6) is 0 Å². The molecule has 1 saturated heterocycles. The van der Waals surface area contributed by atoms with E-state index in [1.54, 1.807) is 0 Å². The van der Waals surface area contributed by atoms with Crippen LogP contribution >= 0.6 is 0 Å². The summed E-state index contributed by atoms with van der Waals surface area (Å²) in [7, 11) is 6.85. The molecule has 0 aromatic rings. The SMILES string of the molecule is CN1CCC[N+](C)(C)CC1. The van der Waals surface area contributed by atoms with Crippen molar-refractivity contribution in [3.05, 3.63) is 0 Å². The van der Waals surface area contributed by atoms with Gasteiger partial charge in [-0.2, -0.15) is 0 Å². The Morgan fingerprint density at radius 1 is 1.10 bits per heavy atom. The lowest BCUT2D eigenvalue weighted by Gasteiger charge is -2.27. The van der Waals surface area contributed by atoms with E-state index in [9.17, 15) is 0 Å². The number of hydrogen-bond donors (Lipinski definition) is 0. The van der Waals surface area contributed by atoms with Crippen molar-refractivity contribution >= 4 is 0 Å². The summed E-state index contributed by atoms with van der Waals surface area (Å²) in [4.78, 5) is 2.42. The van der Waals surface area contributed by atoms with Crippen LogP contribution in [0, 0.1) is 0 Å². The Hall–Kier alpha value is -0.0800. The molecular formula is C8H19N2+. The molecule has 0 aromatic carbocycles. The van der Waals surface area contributed by atoms with Crippen molar-refractivity contribution in [3.8, 4) is 0 Å². The maximum atomic E-state index is 2.42. The van der Waals surface area contributed by atoms with Crippen LogP contribution in [0.4, 0.5) is 0 Å². The Morgan fingerprint density at radius 2 is 1.80 bits per heavy atom. The predicted octanol–water partition coefficient (Wildman–Crippen LogP) is 0.398. The van der Waals surface area contributed by atoms with Crippen molar-refractivity contribution in [1.29, 1.82) is 0 Å². The van der Waals surface area contributed by atoms with Crippen LogP contribution in [-0.4, -0.2) is 56.7 Å². The maximum absolute atomic E-state index is 2.42. The van der Waals surface area contributed by atoms with Crippen LogP contribution in [0.2, 0.25) is 0 Å². The number of quaternary nitrogens is 1. The molecule has 0 unspecified atom stereocenters. The van der Waals surface area contributed by atoms with Gasteiger partial charge in [-0.25, -0.2) is 0 Å². The molecule has 0 amide bonds. The molecule has 0 N–H and O–H groups in total. The summed E-state index contributed by atoms with van der Waals surface area (Å²) in [6.45, 7) is 5.18. The van der Waals surface area contributed by atoms with Crippen molar-refractivity contribution < 1.29 is 4.48 Å². The Morgan fingerprint density at radius 3 is 2.50 bits per heavy atom. The van der Waals surface area contributed by atoms with Crippen molar-refractivity contribution in [2.45, 2.75) is 6.42 Å². The lowest BCUT2D eigenvalue weighted by atomic mass is 10.4. The minimum absolute atomic E-state index is 1.20. The highest BCUT2D eigenvalue weighted by Gasteiger charge is 2.18. The van der Waals surface area contributed by atoms with Crippen LogP contribution in [0.25, 0.3) is 0 Å². The second-order valence-corrected chi connectivity index (χ2v) is 4.04. The zero-order valence-corrected chi connectivity index (χ0v) is 7.43. The van der Waals surface area contributed by atoms with E-state index in [4.69, 9.17) is 0 Å². The first-order valence-corrected chi connectivity index (χ1v) is 4.11. The Labute approximate surface area is 64.0 Å². The number of likely N-dealkylation sites (N-methyl/N-ethyl adjacent to an activating group) is 2. The number of nitrogens with zero attached hydrogens (tertiary/aromatic N) is 2. The summed E-state index contributed by atoms with van der Waals surface area (Å²) < 4.78 is 1.20. The van der Waals surface area contributed by atoms with E-state index in [1.165, 1.54) is 37.1 Å². The van der Waals surface area contributed by atoms with E-state index in [0.717, 1.165) is 0 Å². The van der Waals surface area contributed by atoms with Gasteiger partial charge in [0.2, 0.25) is 0 Å². The van der Waals surface area contributed by atoms with E-state index >= 15 is 0 Å². The summed E-state index contributed by atoms with van der Waals surface area (Å²) in [5.41, 5.74) is 0. The lowest BCUT2D eigenvalue weighted by Crippen LogP contribution is -2.42. The summed E-state index contributed by atoms with van der Waals surface area (Å²) in [5, 5.41) is 0. The van der Waals surface area contributed by atoms with Gasteiger partial charge in [-0.15, -0.1) is 0 Å². The van der Waals surface area contributed by atoms with Crippen LogP contribution in [0.3, 0.4) is 0 Å². The van der Waals surface area contributed by atoms with E-state index < -0.39 is 0 Å². The fourth-order valence-corrected chi connectivity index (χ4v) is 1.43. The minimum Gasteiger partial charge on any atom is -0.327 e. The van der Waals surface area contributed by atoms with Gasteiger partial charge in [0.15, 0.2) is 0 Å². The molecule has 1 aliphatic heterocycles. The highest BCUT2D eigenvalue weighted by atomic mass is 15.3. The van der Waals surface area contributed by atoms with Crippen LogP contribution in [-0.2, 0) is 0 Å². The summed E-state index contributed by atoms with van der Waals surface area (Å²) in [5.74, 6) is 0. The molecule has 0 spiro atoms. The van der Waals surface area contributed by atoms with Gasteiger partial charge in [0, 0.05) is 19.5 Å². The van der Waals surface area contributed by atoms with Gasteiger partial charge in [0.1, 0.15) is 0 Å². The normalized spacial score (nSPS) is 27.9. The average Bonchev–Trinajstić information content (AvgIpc) is 1.94. The third-order valence-corrected chi connectivity index (χ3v) is 2.39. The number of hydrogen-bond acceptors (Lipinski definition) is 1. The molecule has 0 bridgehead atoms. The van der Waals surface area contributed by atoms with E-state index in [-0.39, 0.29) is 0 Å². The van der Waals surface area contributed by atoms with Gasteiger partial charge in [-0.1, -0.05) is 0 Å². The topological polar surface area (TPSA) is 3.24 Å². The highest BCUT2D eigenvalue weighted by molar-refractivity contribution is 4.55. The van der Waals surface area contributed by atoms with E-state index in [1.807, 2.05) is 0 Å². The molecule has 0 aromatic heterocycles. The standard InChI is InChI=1S/C8H19N2/c1-9-5-4-7-10(2,3)8-6-9/h4-8H2,1-3H3/q+1. The Balaban J connectivity index is 2.41. The number of rotatable bonds is 0. The molecule has 0 saturated carbocycles. The molecule has 1 rings (SSSR count). The third kappa shape index (κ3) is 2.27. The van der Waals surface area contributed by atoms with Crippen LogP contribution < -0.4 is 0 Å². The van der Waals surface area contributed by atoms with Gasteiger partial charge >= 0.3 is 0 Å². The van der Waals surface area contributed by atoms with Gasteiger partial charge in [-0.05, 0) is 7.05 Å². The van der Waals surface area contributed by atoms with Crippen molar-refractivity contribution in [2.75, 3.05) is 47.3 Å². The largest absolute Gasteiger partial charge is 0.327 e. The second kappa shape index (κ2) is 2.89. The molecule has 1 fully saturated rings. The monoisotopic (exact) mass is 143 g/mol. The average molecular weight is 143 g/mol. The van der Waals surface area contributed by atoms with Crippen LogP contribution in [0.15, 0.2) is 0 Å². The summed E-state index contributed by atoms with van der Waals surface area (Å²) in [6.07, 6.45) is 1.35. The van der Waals surface area contributed by atoms with Gasteiger partial charge in [0.25, 0.3) is 0 Å². The Kier molecular flexibility index (Phi) is 2.32. The van der Waals surface area contributed by atoms with E-state index in [2.05, 4.69) is 26.0 Å². The molecule has 1 aliphatic rings. The zero-order chi connectivity index (χ0) is 7.61. The molecule has 2 nitrogen and oxygen atoms in total. The molecule has 0 aliphatic carbocycles. The van der Waals surface area contributed by atoms with Gasteiger partial charge < -0.3 is 9.38 Å². The summed E-state index contributed by atoms with van der Waals surface area (Å²) >= 11 is 0. The first-order valence-electron chi connectivity index (χ1n) is 4.11. The third-order valence-electron chi connectivity index (χ3n) is 2.39. The second-order valence-electron chi connectivity index (χ2n) is 4.04. The highest BCUT2D eigenvalue weighted by Crippen LogP contribution is 2.04. The zero-order valence-electron chi connectivity index (χ0n) is 7.43. The Bertz CT molecular complexity index is 110. The first-order chi connectivity index (χ1) is 4.60. The quantitative estimate of drug-likeness (QED) is 0.444. The maximum Gasteiger partial charge on any atom is 0.0911 e. The summed E-state index contributed by atoms with van der Waals surface area (Å²) in [6, 6.07) is 0. The van der Waals surface area contributed by atoms with Crippen molar-refractivity contribution in [1.82, 2.24) is 4.90 Å². The van der Waals surface area contributed by atoms with E-state index in [0.29, 0.717) is 0 Å². The minimum atomic E-state index is 1.20. The molecular weight excluding hydrogens is 124 g/mol. The van der Waals surface area contributed by atoms with Crippen molar-refractivity contribution in [2.24, 2.45) is 0 Å². The van der Waals surface area contributed by atoms with Crippen LogP contribution in [0.1, 0.15) is 6.42 Å². The van der Waals surface area contributed by atoms with Crippen molar-refractivity contribution in [3.63, 3.8) is 0 Å². The molecule has 0 radical (unpaired) electrons. The molecule has 60 valence electrons. The first kappa shape index (κ1) is 8.02. The fraction of sp³-hybridized carbons (Fsp3) is 1.00. The van der Waals surface area contributed by atoms with Gasteiger partial charge in [-0.3, -0.25) is 0 Å². The molecule has 1 heterocycles. The predicted molar refractivity (Wildman–Crippen MR) is 44.0 cm³/mol. The fourth-order valence-electron chi connectivity index (χ4n) is 1.43. The van der Waals surface area contributed by atoms with Gasteiger partial charge in [0.05, 0.1) is 27.2 Å². The molecule has 0 atom stereocenters. The molecule has 10 heavy (non-hydrogen) atoms.